The summed E-state index contributed by atoms with van der Waals surface area (Å²) in [5, 5.41) is 9.72. The van der Waals surface area contributed by atoms with E-state index in [1.807, 2.05) is 0 Å². The first-order chi connectivity index (χ1) is 9.38. The molecule has 104 valence electrons. The van der Waals surface area contributed by atoms with Crippen molar-refractivity contribution in [3.8, 4) is 11.5 Å². The smallest absolute Gasteiger partial charge is 0.504 e. The molecule has 0 radical (unpaired) electrons. The van der Waals surface area contributed by atoms with Crippen LogP contribution in [0.2, 0.25) is 0 Å². The SMILES string of the molecule is O=C(c1ccncc1)c1cccc(OC(F)(F)F)c1O. The predicted octanol–water partition coefficient (Wildman–Crippen LogP) is 2.92. The van der Waals surface area contributed by atoms with Gasteiger partial charge in [0.25, 0.3) is 0 Å². The molecule has 0 fully saturated rings. The van der Waals surface area contributed by atoms with E-state index in [0.29, 0.717) is 0 Å². The number of ketones is 1. The second-order valence-electron chi connectivity index (χ2n) is 3.77. The van der Waals surface area contributed by atoms with Crippen molar-refractivity contribution >= 4 is 5.78 Å². The van der Waals surface area contributed by atoms with Gasteiger partial charge < -0.3 is 9.84 Å². The number of aromatic hydroxyl groups is 1. The number of halogens is 3. The van der Waals surface area contributed by atoms with E-state index in [9.17, 15) is 23.1 Å². The van der Waals surface area contributed by atoms with E-state index in [1.54, 1.807) is 0 Å². The molecule has 0 atom stereocenters. The predicted molar refractivity (Wildman–Crippen MR) is 62.5 cm³/mol. The van der Waals surface area contributed by atoms with Crippen molar-refractivity contribution < 1.29 is 27.8 Å². The van der Waals surface area contributed by atoms with E-state index in [2.05, 4.69) is 9.72 Å². The van der Waals surface area contributed by atoms with Gasteiger partial charge in [0.1, 0.15) is 0 Å². The van der Waals surface area contributed by atoms with E-state index in [4.69, 9.17) is 0 Å². The number of para-hydroxylation sites is 1. The van der Waals surface area contributed by atoms with Crippen molar-refractivity contribution in [3.05, 3.63) is 53.9 Å². The fraction of sp³-hybridized carbons (Fsp3) is 0.0769. The van der Waals surface area contributed by atoms with Crippen LogP contribution in [-0.4, -0.2) is 22.2 Å². The van der Waals surface area contributed by atoms with Gasteiger partial charge in [-0.1, -0.05) is 6.07 Å². The highest BCUT2D eigenvalue weighted by atomic mass is 19.4. The molecule has 2 rings (SSSR count). The fourth-order valence-corrected chi connectivity index (χ4v) is 1.57. The second kappa shape index (κ2) is 5.20. The Balaban J connectivity index is 2.39. The summed E-state index contributed by atoms with van der Waals surface area (Å²) < 4.78 is 40.1. The average molecular weight is 283 g/mol. The Labute approximate surface area is 111 Å². The van der Waals surface area contributed by atoms with Crippen LogP contribution in [0.3, 0.4) is 0 Å². The number of hydrogen-bond acceptors (Lipinski definition) is 4. The van der Waals surface area contributed by atoms with Gasteiger partial charge in [-0.3, -0.25) is 9.78 Å². The second-order valence-corrected chi connectivity index (χ2v) is 3.77. The molecule has 0 aliphatic carbocycles. The number of pyridine rings is 1. The number of carbonyl (C=O) groups excluding carboxylic acids is 1. The molecule has 0 saturated heterocycles. The number of carbonyl (C=O) groups is 1. The summed E-state index contributed by atoms with van der Waals surface area (Å²) in [4.78, 5) is 15.8. The Hall–Kier alpha value is -2.57. The number of ether oxygens (including phenoxy) is 1. The van der Waals surface area contributed by atoms with Crippen LogP contribution in [0.1, 0.15) is 15.9 Å². The summed E-state index contributed by atoms with van der Waals surface area (Å²) >= 11 is 0. The fourth-order valence-electron chi connectivity index (χ4n) is 1.57. The van der Waals surface area contributed by atoms with Crippen LogP contribution in [0.15, 0.2) is 42.7 Å². The Morgan fingerprint density at radius 1 is 1.15 bits per heavy atom. The minimum atomic E-state index is -4.95. The zero-order chi connectivity index (χ0) is 14.8. The lowest BCUT2D eigenvalue weighted by atomic mass is 10.0. The molecule has 0 bridgehead atoms. The number of phenolic OH excluding ortho intramolecular Hbond substituents is 1. The van der Waals surface area contributed by atoms with Crippen LogP contribution in [-0.2, 0) is 0 Å². The third-order valence-corrected chi connectivity index (χ3v) is 2.41. The van der Waals surface area contributed by atoms with Crippen molar-refractivity contribution in [2.75, 3.05) is 0 Å². The summed E-state index contributed by atoms with van der Waals surface area (Å²) in [5.41, 5.74) is -0.0857. The molecule has 0 amide bonds. The van der Waals surface area contributed by atoms with Crippen molar-refractivity contribution in [3.63, 3.8) is 0 Å². The number of nitrogens with zero attached hydrogens (tertiary/aromatic N) is 1. The quantitative estimate of drug-likeness (QED) is 0.880. The maximum atomic E-state index is 12.2. The van der Waals surface area contributed by atoms with E-state index in [1.165, 1.54) is 36.7 Å². The Morgan fingerprint density at radius 2 is 1.80 bits per heavy atom. The maximum Gasteiger partial charge on any atom is 0.573 e. The monoisotopic (exact) mass is 283 g/mol. The number of benzene rings is 1. The van der Waals surface area contributed by atoms with Gasteiger partial charge in [-0.05, 0) is 24.3 Å². The minimum absolute atomic E-state index is 0.194. The lowest BCUT2D eigenvalue weighted by Gasteiger charge is -2.12. The van der Waals surface area contributed by atoms with E-state index >= 15 is 0 Å². The summed E-state index contributed by atoms with van der Waals surface area (Å²) in [5.74, 6) is -2.30. The lowest BCUT2D eigenvalue weighted by molar-refractivity contribution is -0.275. The molecule has 0 spiro atoms. The Morgan fingerprint density at radius 3 is 2.40 bits per heavy atom. The average Bonchev–Trinajstić information content (AvgIpc) is 2.40. The van der Waals surface area contributed by atoms with Gasteiger partial charge in [-0.15, -0.1) is 13.2 Å². The number of rotatable bonds is 3. The topological polar surface area (TPSA) is 59.4 Å². The van der Waals surface area contributed by atoms with Crippen LogP contribution in [0.25, 0.3) is 0 Å². The van der Waals surface area contributed by atoms with Crippen molar-refractivity contribution in [2.45, 2.75) is 6.36 Å². The standard InChI is InChI=1S/C13H8F3NO3/c14-13(15,16)20-10-3-1-2-9(12(10)19)11(18)8-4-6-17-7-5-8/h1-7,19H. The van der Waals surface area contributed by atoms with Gasteiger partial charge >= 0.3 is 6.36 Å². The Kier molecular flexibility index (Phi) is 3.60. The van der Waals surface area contributed by atoms with Crippen molar-refractivity contribution in [1.29, 1.82) is 0 Å². The zero-order valence-electron chi connectivity index (χ0n) is 9.89. The van der Waals surface area contributed by atoms with Crippen LogP contribution >= 0.6 is 0 Å². The number of aromatic nitrogens is 1. The molecule has 4 nitrogen and oxygen atoms in total. The number of phenols is 1. The van der Waals surface area contributed by atoms with Crippen LogP contribution < -0.4 is 4.74 Å². The highest BCUT2D eigenvalue weighted by Gasteiger charge is 2.33. The molecule has 0 aliphatic heterocycles. The van der Waals surface area contributed by atoms with Crippen molar-refractivity contribution in [2.24, 2.45) is 0 Å². The third-order valence-electron chi connectivity index (χ3n) is 2.41. The first-order valence-corrected chi connectivity index (χ1v) is 5.41. The summed E-state index contributed by atoms with van der Waals surface area (Å²) in [6.07, 6.45) is -2.23. The molecule has 1 N–H and O–H groups in total. The zero-order valence-corrected chi connectivity index (χ0v) is 9.89. The molecule has 0 aliphatic rings. The molecule has 0 unspecified atom stereocenters. The van der Waals surface area contributed by atoms with E-state index < -0.39 is 23.6 Å². The molecule has 2 aromatic rings. The molecule has 0 saturated carbocycles. The van der Waals surface area contributed by atoms with Gasteiger partial charge in [0.15, 0.2) is 17.3 Å². The van der Waals surface area contributed by atoms with E-state index in [-0.39, 0.29) is 11.1 Å². The van der Waals surface area contributed by atoms with Gasteiger partial charge in [0.05, 0.1) is 5.56 Å². The molecule has 20 heavy (non-hydrogen) atoms. The third kappa shape index (κ3) is 3.05. The number of alkyl halides is 3. The molecule has 1 aromatic carbocycles. The largest absolute Gasteiger partial charge is 0.573 e. The van der Waals surface area contributed by atoms with Crippen LogP contribution in [0.5, 0.6) is 11.5 Å². The summed E-state index contributed by atoms with van der Waals surface area (Å²) in [6.45, 7) is 0. The number of hydrogen-bond donors (Lipinski definition) is 1. The molecular formula is C13H8F3NO3. The maximum absolute atomic E-state index is 12.2. The van der Waals surface area contributed by atoms with Gasteiger partial charge in [-0.2, -0.15) is 0 Å². The van der Waals surface area contributed by atoms with Crippen LogP contribution in [0.4, 0.5) is 13.2 Å². The Bertz CT molecular complexity index is 627. The lowest BCUT2D eigenvalue weighted by Crippen LogP contribution is -2.17. The highest BCUT2D eigenvalue weighted by Crippen LogP contribution is 2.34. The highest BCUT2D eigenvalue weighted by molar-refractivity contribution is 6.11. The summed E-state index contributed by atoms with van der Waals surface area (Å²) in [6, 6.07) is 6.10. The minimum Gasteiger partial charge on any atom is -0.504 e. The molecule has 7 heteroatoms. The normalized spacial score (nSPS) is 11.2. The van der Waals surface area contributed by atoms with Gasteiger partial charge in [-0.25, -0.2) is 0 Å². The first-order valence-electron chi connectivity index (χ1n) is 5.41. The first kappa shape index (κ1) is 13.9. The van der Waals surface area contributed by atoms with E-state index in [0.717, 1.165) is 6.07 Å². The molecule has 1 aromatic heterocycles. The molecule has 1 heterocycles. The molecular weight excluding hydrogens is 275 g/mol. The van der Waals surface area contributed by atoms with Crippen LogP contribution in [0, 0.1) is 0 Å². The van der Waals surface area contributed by atoms with Gasteiger partial charge in [0.2, 0.25) is 0 Å². The van der Waals surface area contributed by atoms with Gasteiger partial charge in [0, 0.05) is 18.0 Å². The van der Waals surface area contributed by atoms with Crippen molar-refractivity contribution in [1.82, 2.24) is 4.98 Å². The summed E-state index contributed by atoms with van der Waals surface area (Å²) in [7, 11) is 0.